The Balaban J connectivity index is 2.01. The van der Waals surface area contributed by atoms with Crippen LogP contribution in [0, 0.1) is 13.8 Å². The van der Waals surface area contributed by atoms with E-state index in [1.807, 2.05) is 43.3 Å². The molecule has 2 aromatic carbocycles. The van der Waals surface area contributed by atoms with E-state index < -0.39 is 0 Å². The van der Waals surface area contributed by atoms with Gasteiger partial charge >= 0.3 is 0 Å². The molecule has 0 radical (unpaired) electrons. The topological polar surface area (TPSA) is 29.1 Å². The van der Waals surface area contributed by atoms with E-state index in [1.165, 1.54) is 5.56 Å². The van der Waals surface area contributed by atoms with Crippen molar-refractivity contribution in [1.82, 2.24) is 5.32 Å². The van der Waals surface area contributed by atoms with E-state index in [0.29, 0.717) is 6.54 Å². The molecule has 0 spiro atoms. The first-order chi connectivity index (χ1) is 8.66. The standard InChI is InChI=1S/C16H17NO/c1-12-7-9-14(10-8-12)11-17-16(18)15-6-4-3-5-13(15)2/h3-10H,11H2,1-2H3,(H,17,18). The highest BCUT2D eigenvalue weighted by molar-refractivity contribution is 5.95. The van der Waals surface area contributed by atoms with Gasteiger partial charge in [0, 0.05) is 12.1 Å². The number of hydrogen-bond donors (Lipinski definition) is 1. The molecule has 92 valence electrons. The molecule has 0 aliphatic carbocycles. The summed E-state index contributed by atoms with van der Waals surface area (Å²) in [7, 11) is 0. The van der Waals surface area contributed by atoms with Crippen LogP contribution >= 0.6 is 0 Å². The number of carbonyl (C=O) groups is 1. The molecule has 0 aliphatic heterocycles. The molecule has 0 aromatic heterocycles. The highest BCUT2D eigenvalue weighted by Crippen LogP contribution is 2.07. The fourth-order valence-corrected chi connectivity index (χ4v) is 1.81. The zero-order valence-electron chi connectivity index (χ0n) is 10.7. The van der Waals surface area contributed by atoms with Gasteiger partial charge in [0.25, 0.3) is 5.91 Å². The molecule has 0 atom stereocenters. The molecule has 0 saturated heterocycles. The van der Waals surface area contributed by atoms with Crippen LogP contribution < -0.4 is 5.32 Å². The quantitative estimate of drug-likeness (QED) is 0.875. The summed E-state index contributed by atoms with van der Waals surface area (Å²) in [5.74, 6) is -0.0197. The van der Waals surface area contributed by atoms with E-state index in [0.717, 1.165) is 16.7 Å². The van der Waals surface area contributed by atoms with Gasteiger partial charge in [-0.2, -0.15) is 0 Å². The van der Waals surface area contributed by atoms with E-state index in [1.54, 1.807) is 0 Å². The molecule has 2 rings (SSSR count). The highest BCUT2D eigenvalue weighted by atomic mass is 16.1. The molecular weight excluding hydrogens is 222 g/mol. The molecule has 2 heteroatoms. The summed E-state index contributed by atoms with van der Waals surface area (Å²) in [6.07, 6.45) is 0. The Kier molecular flexibility index (Phi) is 3.78. The van der Waals surface area contributed by atoms with Crippen LogP contribution in [0.3, 0.4) is 0 Å². The minimum atomic E-state index is -0.0197. The average Bonchev–Trinajstić information content (AvgIpc) is 2.38. The second kappa shape index (κ2) is 5.50. The Morgan fingerprint density at radius 3 is 2.33 bits per heavy atom. The van der Waals surface area contributed by atoms with E-state index >= 15 is 0 Å². The summed E-state index contributed by atoms with van der Waals surface area (Å²) in [6.45, 7) is 4.56. The summed E-state index contributed by atoms with van der Waals surface area (Å²) in [4.78, 5) is 12.0. The van der Waals surface area contributed by atoms with Gasteiger partial charge in [0.2, 0.25) is 0 Å². The van der Waals surface area contributed by atoms with E-state index in [-0.39, 0.29) is 5.91 Å². The van der Waals surface area contributed by atoms with Gasteiger partial charge in [0.15, 0.2) is 0 Å². The molecule has 1 amide bonds. The summed E-state index contributed by atoms with van der Waals surface area (Å²) < 4.78 is 0. The predicted octanol–water partition coefficient (Wildman–Crippen LogP) is 3.23. The number of aryl methyl sites for hydroxylation is 2. The van der Waals surface area contributed by atoms with Gasteiger partial charge in [0.1, 0.15) is 0 Å². The van der Waals surface area contributed by atoms with Crippen molar-refractivity contribution < 1.29 is 4.79 Å². The van der Waals surface area contributed by atoms with Crippen molar-refractivity contribution in [2.24, 2.45) is 0 Å². The van der Waals surface area contributed by atoms with Gasteiger partial charge in [-0.05, 0) is 31.0 Å². The van der Waals surface area contributed by atoms with Gasteiger partial charge < -0.3 is 5.32 Å². The molecule has 0 unspecified atom stereocenters. The van der Waals surface area contributed by atoms with Crippen LogP contribution in [0.25, 0.3) is 0 Å². The van der Waals surface area contributed by atoms with Crippen molar-refractivity contribution in [1.29, 1.82) is 0 Å². The third-order valence-electron chi connectivity index (χ3n) is 2.96. The number of benzene rings is 2. The van der Waals surface area contributed by atoms with Crippen LogP contribution in [0.1, 0.15) is 27.0 Å². The summed E-state index contributed by atoms with van der Waals surface area (Å²) in [6, 6.07) is 15.8. The smallest absolute Gasteiger partial charge is 0.251 e. The molecule has 0 heterocycles. The lowest BCUT2D eigenvalue weighted by atomic mass is 10.1. The zero-order valence-corrected chi connectivity index (χ0v) is 10.7. The third-order valence-corrected chi connectivity index (χ3v) is 2.96. The Hall–Kier alpha value is -2.09. The molecule has 0 aliphatic rings. The Morgan fingerprint density at radius 1 is 1.00 bits per heavy atom. The first-order valence-electron chi connectivity index (χ1n) is 6.06. The van der Waals surface area contributed by atoms with Crippen molar-refractivity contribution >= 4 is 5.91 Å². The maximum absolute atomic E-state index is 12.0. The lowest BCUT2D eigenvalue weighted by Gasteiger charge is -2.07. The Labute approximate surface area is 108 Å². The Bertz CT molecular complexity index is 543. The van der Waals surface area contributed by atoms with Crippen LogP contribution in [0.15, 0.2) is 48.5 Å². The molecule has 2 nitrogen and oxygen atoms in total. The number of carbonyl (C=O) groups excluding carboxylic acids is 1. The fraction of sp³-hybridized carbons (Fsp3) is 0.188. The molecule has 0 bridgehead atoms. The molecule has 0 saturated carbocycles. The minimum Gasteiger partial charge on any atom is -0.348 e. The van der Waals surface area contributed by atoms with Crippen LogP contribution in [-0.2, 0) is 6.54 Å². The molecule has 2 aromatic rings. The second-order valence-electron chi connectivity index (χ2n) is 4.48. The predicted molar refractivity (Wildman–Crippen MR) is 73.5 cm³/mol. The van der Waals surface area contributed by atoms with E-state index in [9.17, 15) is 4.79 Å². The summed E-state index contributed by atoms with van der Waals surface area (Å²) in [5, 5.41) is 2.94. The largest absolute Gasteiger partial charge is 0.348 e. The maximum Gasteiger partial charge on any atom is 0.251 e. The van der Waals surface area contributed by atoms with Gasteiger partial charge in [-0.1, -0.05) is 48.0 Å². The van der Waals surface area contributed by atoms with Crippen molar-refractivity contribution in [3.8, 4) is 0 Å². The highest BCUT2D eigenvalue weighted by Gasteiger charge is 2.07. The van der Waals surface area contributed by atoms with Crippen molar-refractivity contribution in [3.05, 3.63) is 70.8 Å². The average molecular weight is 239 g/mol. The van der Waals surface area contributed by atoms with Crippen LogP contribution in [0.5, 0.6) is 0 Å². The molecular formula is C16H17NO. The minimum absolute atomic E-state index is 0.0197. The van der Waals surface area contributed by atoms with Crippen LogP contribution in [0.2, 0.25) is 0 Å². The molecule has 18 heavy (non-hydrogen) atoms. The van der Waals surface area contributed by atoms with Gasteiger partial charge in [-0.15, -0.1) is 0 Å². The van der Waals surface area contributed by atoms with Crippen molar-refractivity contribution in [2.75, 3.05) is 0 Å². The summed E-state index contributed by atoms with van der Waals surface area (Å²) in [5.41, 5.74) is 4.08. The van der Waals surface area contributed by atoms with Crippen LogP contribution in [0.4, 0.5) is 0 Å². The number of rotatable bonds is 3. The lowest BCUT2D eigenvalue weighted by molar-refractivity contribution is 0.0950. The normalized spacial score (nSPS) is 10.1. The second-order valence-corrected chi connectivity index (χ2v) is 4.48. The first kappa shape index (κ1) is 12.4. The van der Waals surface area contributed by atoms with E-state index in [2.05, 4.69) is 24.4 Å². The Morgan fingerprint density at radius 2 is 1.67 bits per heavy atom. The fourth-order valence-electron chi connectivity index (χ4n) is 1.81. The van der Waals surface area contributed by atoms with E-state index in [4.69, 9.17) is 0 Å². The number of hydrogen-bond acceptors (Lipinski definition) is 1. The zero-order chi connectivity index (χ0) is 13.0. The van der Waals surface area contributed by atoms with Crippen LogP contribution in [-0.4, -0.2) is 5.91 Å². The number of nitrogens with one attached hydrogen (secondary N) is 1. The number of amides is 1. The van der Waals surface area contributed by atoms with Gasteiger partial charge in [0.05, 0.1) is 0 Å². The van der Waals surface area contributed by atoms with Crippen molar-refractivity contribution in [2.45, 2.75) is 20.4 Å². The molecule has 1 N–H and O–H groups in total. The lowest BCUT2D eigenvalue weighted by Crippen LogP contribution is -2.23. The van der Waals surface area contributed by atoms with Crippen molar-refractivity contribution in [3.63, 3.8) is 0 Å². The van der Waals surface area contributed by atoms with Gasteiger partial charge in [-0.25, -0.2) is 0 Å². The first-order valence-corrected chi connectivity index (χ1v) is 6.06. The maximum atomic E-state index is 12.0. The molecule has 0 fully saturated rings. The van der Waals surface area contributed by atoms with Gasteiger partial charge in [-0.3, -0.25) is 4.79 Å². The summed E-state index contributed by atoms with van der Waals surface area (Å²) >= 11 is 0. The monoisotopic (exact) mass is 239 g/mol. The third kappa shape index (κ3) is 2.98. The SMILES string of the molecule is Cc1ccc(CNC(=O)c2ccccc2C)cc1.